The summed E-state index contributed by atoms with van der Waals surface area (Å²) in [5.41, 5.74) is 4.31. The molecule has 0 saturated carbocycles. The topological polar surface area (TPSA) is 69.3 Å². The molecule has 1 aromatic carbocycles. The van der Waals surface area contributed by atoms with Gasteiger partial charge in [-0.25, -0.2) is 9.50 Å². The lowest BCUT2D eigenvalue weighted by molar-refractivity contribution is -0.113. The maximum Gasteiger partial charge on any atom is 0.286 e. The number of hydrogen-bond donors (Lipinski definition) is 0. The minimum atomic E-state index is -0.197. The third-order valence-corrected chi connectivity index (χ3v) is 8.49. The number of thioether (sulfide) groups is 1. The van der Waals surface area contributed by atoms with Crippen molar-refractivity contribution in [3.63, 3.8) is 0 Å². The number of piperazine rings is 1. The molecule has 192 valence electrons. The maximum absolute atomic E-state index is 12.5. The summed E-state index contributed by atoms with van der Waals surface area (Å²) in [6, 6.07) is 9.99. The lowest BCUT2D eigenvalue weighted by Gasteiger charge is -2.36. The Hall–Kier alpha value is -2.88. The van der Waals surface area contributed by atoms with E-state index in [1.165, 1.54) is 18.2 Å². The van der Waals surface area contributed by atoms with E-state index in [1.807, 2.05) is 35.0 Å². The summed E-state index contributed by atoms with van der Waals surface area (Å²) in [6.45, 7) is 9.39. The summed E-state index contributed by atoms with van der Waals surface area (Å²) in [6.07, 6.45) is 7.11. The van der Waals surface area contributed by atoms with Gasteiger partial charge in [0.25, 0.3) is 5.91 Å². The molecule has 2 fully saturated rings. The average molecular weight is 536 g/mol. The largest absolute Gasteiger partial charge is 0.368 e. The van der Waals surface area contributed by atoms with Crippen LogP contribution in [0.15, 0.2) is 46.4 Å². The molecule has 3 aromatic rings. The normalized spacial score (nSPS) is 20.0. The van der Waals surface area contributed by atoms with Crippen LogP contribution in [-0.2, 0) is 4.79 Å². The van der Waals surface area contributed by atoms with Gasteiger partial charge in [0.1, 0.15) is 0 Å². The van der Waals surface area contributed by atoms with Crippen LogP contribution in [-0.4, -0.2) is 81.3 Å². The number of hydrogen-bond acceptors (Lipinski definition) is 7. The van der Waals surface area contributed by atoms with E-state index in [-0.39, 0.29) is 5.91 Å². The number of nitrogens with zero attached hydrogens (tertiary/aromatic N) is 7. The number of imidazole rings is 1. The van der Waals surface area contributed by atoms with Crippen LogP contribution < -0.4 is 4.90 Å². The lowest BCUT2D eigenvalue weighted by Crippen LogP contribution is -2.46. The summed E-state index contributed by atoms with van der Waals surface area (Å²) < 4.78 is 1.81. The molecule has 0 aliphatic carbocycles. The second-order valence-electron chi connectivity index (χ2n) is 9.67. The first-order valence-electron chi connectivity index (χ1n) is 13.0. The number of carbonyl (C=O) groups is 1. The molecule has 10 heteroatoms. The summed E-state index contributed by atoms with van der Waals surface area (Å²) in [4.78, 5) is 29.0. The summed E-state index contributed by atoms with van der Waals surface area (Å²) >= 11 is 8.22. The third kappa shape index (κ3) is 5.00. The molecule has 8 nitrogen and oxygen atoms in total. The van der Waals surface area contributed by atoms with Crippen LogP contribution in [0.1, 0.15) is 31.9 Å². The van der Waals surface area contributed by atoms with Crippen LogP contribution in [0.25, 0.3) is 23.0 Å². The van der Waals surface area contributed by atoms with Crippen LogP contribution in [0.4, 0.5) is 5.69 Å². The quantitative estimate of drug-likeness (QED) is 0.440. The maximum atomic E-state index is 12.5. The molecule has 2 saturated heterocycles. The Labute approximate surface area is 226 Å². The zero-order valence-electron chi connectivity index (χ0n) is 20.9. The minimum Gasteiger partial charge on any atom is -0.368 e. The van der Waals surface area contributed by atoms with Gasteiger partial charge in [0.05, 0.1) is 33.2 Å². The predicted octanol–water partition coefficient (Wildman–Crippen LogP) is 4.65. The molecule has 6 rings (SSSR count). The monoisotopic (exact) mass is 535 g/mol. The average Bonchev–Trinajstić information content (AvgIpc) is 3.65. The first kappa shape index (κ1) is 24.5. The number of fused-ring (bicyclic) bond motifs is 1. The van der Waals surface area contributed by atoms with Crippen LogP contribution in [0, 0.1) is 0 Å². The number of aromatic nitrogens is 3. The smallest absolute Gasteiger partial charge is 0.286 e. The van der Waals surface area contributed by atoms with Crippen LogP contribution in [0.3, 0.4) is 0 Å². The molecular weight excluding hydrogens is 506 g/mol. The van der Waals surface area contributed by atoms with Crippen molar-refractivity contribution in [3.8, 4) is 11.3 Å². The molecule has 3 aliphatic heterocycles. The van der Waals surface area contributed by atoms with Gasteiger partial charge in [0.2, 0.25) is 0 Å². The zero-order valence-corrected chi connectivity index (χ0v) is 22.5. The van der Waals surface area contributed by atoms with E-state index in [1.54, 1.807) is 0 Å². The Kier molecular flexibility index (Phi) is 6.92. The van der Waals surface area contributed by atoms with Gasteiger partial charge in [-0.2, -0.15) is 10.1 Å². The molecule has 0 N–H and O–H groups in total. The number of aliphatic imine (C=N–C) groups is 1. The second kappa shape index (κ2) is 10.5. The van der Waals surface area contributed by atoms with Gasteiger partial charge in [-0.15, -0.1) is 0 Å². The number of likely N-dealkylation sites (tertiary alicyclic amines) is 1. The molecule has 0 bridgehead atoms. The Morgan fingerprint density at radius 1 is 1.03 bits per heavy atom. The molecule has 37 heavy (non-hydrogen) atoms. The van der Waals surface area contributed by atoms with Gasteiger partial charge in [-0.05, 0) is 67.9 Å². The van der Waals surface area contributed by atoms with E-state index >= 15 is 0 Å². The van der Waals surface area contributed by atoms with E-state index in [0.717, 1.165) is 91.4 Å². The van der Waals surface area contributed by atoms with Crippen molar-refractivity contribution in [2.45, 2.75) is 26.2 Å². The van der Waals surface area contributed by atoms with Gasteiger partial charge in [-0.1, -0.05) is 24.6 Å². The van der Waals surface area contributed by atoms with E-state index in [9.17, 15) is 4.79 Å². The van der Waals surface area contributed by atoms with Gasteiger partial charge in [0.15, 0.2) is 10.8 Å². The SMILES string of the molecule is CCCN1CCN(c2ccc(-c3cnc4ccc(/C=C5\SC(N6CCCC6)=NC5=O)nn34)cc2Cl)CC1. The van der Waals surface area contributed by atoms with Crippen LogP contribution in [0.2, 0.25) is 5.02 Å². The Balaban J connectivity index is 1.23. The Bertz CT molecular complexity index is 1390. The van der Waals surface area contributed by atoms with Crippen LogP contribution >= 0.6 is 23.4 Å². The predicted molar refractivity (Wildman–Crippen MR) is 151 cm³/mol. The van der Waals surface area contributed by atoms with E-state index < -0.39 is 0 Å². The Morgan fingerprint density at radius 3 is 2.59 bits per heavy atom. The Morgan fingerprint density at radius 2 is 1.84 bits per heavy atom. The van der Waals surface area contributed by atoms with E-state index in [4.69, 9.17) is 16.7 Å². The zero-order chi connectivity index (χ0) is 25.4. The molecule has 0 atom stereocenters. The van der Waals surface area contributed by atoms with Gasteiger partial charge in [0, 0.05) is 44.8 Å². The van der Waals surface area contributed by atoms with Crippen LogP contribution in [0.5, 0.6) is 0 Å². The highest BCUT2D eigenvalue weighted by Gasteiger charge is 2.28. The number of benzene rings is 1. The number of halogens is 1. The molecule has 2 aromatic heterocycles. The summed E-state index contributed by atoms with van der Waals surface area (Å²) in [5, 5.41) is 6.32. The number of amidine groups is 1. The molecular formula is C27H30ClN7OS. The van der Waals surface area contributed by atoms with Crippen molar-refractivity contribution >= 4 is 51.8 Å². The van der Waals surface area contributed by atoms with Crippen molar-refractivity contribution in [2.75, 3.05) is 50.7 Å². The van der Waals surface area contributed by atoms with Crippen molar-refractivity contribution in [3.05, 3.63) is 52.2 Å². The molecule has 0 spiro atoms. The van der Waals surface area contributed by atoms with Gasteiger partial charge < -0.3 is 9.80 Å². The summed E-state index contributed by atoms with van der Waals surface area (Å²) in [7, 11) is 0. The number of anilines is 1. The fourth-order valence-electron chi connectivity index (χ4n) is 5.19. The van der Waals surface area contributed by atoms with E-state index in [2.05, 4.69) is 43.7 Å². The second-order valence-corrected chi connectivity index (χ2v) is 11.1. The fourth-order valence-corrected chi connectivity index (χ4v) is 6.44. The number of carbonyl (C=O) groups excluding carboxylic acids is 1. The fraction of sp³-hybridized carbons (Fsp3) is 0.407. The van der Waals surface area contributed by atoms with Crippen molar-refractivity contribution in [1.29, 1.82) is 0 Å². The molecule has 0 radical (unpaired) electrons. The lowest BCUT2D eigenvalue weighted by atomic mass is 10.1. The van der Waals surface area contributed by atoms with Crippen molar-refractivity contribution in [1.82, 2.24) is 24.4 Å². The standard InChI is InChI=1S/C27H30ClN7OS/c1-2-9-32-12-14-33(15-13-32)22-7-5-19(16-21(22)28)23-18-29-25-8-6-20(31-35(23)25)17-24-26(36)30-27(37-24)34-10-3-4-11-34/h5-8,16-18H,2-4,9-15H2,1H3/b24-17-. The highest BCUT2D eigenvalue weighted by atomic mass is 35.5. The first-order valence-corrected chi connectivity index (χ1v) is 14.2. The summed E-state index contributed by atoms with van der Waals surface area (Å²) in [5.74, 6) is -0.197. The first-order chi connectivity index (χ1) is 18.1. The minimum absolute atomic E-state index is 0.197. The number of rotatable bonds is 5. The van der Waals surface area contributed by atoms with Crippen molar-refractivity contribution < 1.29 is 4.79 Å². The molecule has 5 heterocycles. The molecule has 3 aliphatic rings. The number of amides is 1. The highest BCUT2D eigenvalue weighted by Crippen LogP contribution is 2.33. The molecule has 0 unspecified atom stereocenters. The van der Waals surface area contributed by atoms with Gasteiger partial charge >= 0.3 is 0 Å². The third-order valence-electron chi connectivity index (χ3n) is 7.14. The van der Waals surface area contributed by atoms with Gasteiger partial charge in [-0.3, -0.25) is 9.69 Å². The van der Waals surface area contributed by atoms with E-state index in [0.29, 0.717) is 10.6 Å². The molecule has 1 amide bonds. The van der Waals surface area contributed by atoms with Crippen molar-refractivity contribution in [2.24, 2.45) is 4.99 Å². The highest BCUT2D eigenvalue weighted by molar-refractivity contribution is 8.18.